The van der Waals surface area contributed by atoms with Gasteiger partial charge in [0.1, 0.15) is 24.4 Å². The fourth-order valence-electron chi connectivity index (χ4n) is 11.4. The van der Waals surface area contributed by atoms with Gasteiger partial charge in [-0.2, -0.15) is 0 Å². The first-order chi connectivity index (χ1) is 34.3. The molecule has 3 heterocycles. The van der Waals surface area contributed by atoms with Crippen LogP contribution in [0.3, 0.4) is 0 Å². The van der Waals surface area contributed by atoms with Gasteiger partial charge in [0.2, 0.25) is 5.79 Å². The maximum atomic E-state index is 14.6. The first-order valence-electron chi connectivity index (χ1n) is 26.6. The standard InChI is InChI=1S/C57H87N3O12/c1-36-17-11-9-12-18-37(2)47(59(29-30-61)44-19-13-10-14-20-44)35-45-25-22-41(6)57(68,72-45)54(65)55(66)60-28-16-15-21-46(60)56(67)71-49(38(3)32-42-23-26-48(62)50(34-42)69-7)27-24-43(58)33-40(5)52(64)53(70-8)51(63)39(4)31-36/h9-14,17-20,33,36,38-39,41-43,45-50,52-53,61-62,64,68H,15-16,21-32,34-35,58H2,1-8H3/b12-9+,17-11+,37-18+,40-33+/t36-,38-,39-,41-,42?,43+,45+,46+,47?,48-,49+,50-,52-,53+,57-/m1/s1. The lowest BCUT2D eigenvalue weighted by Gasteiger charge is -2.44. The Kier molecular flexibility index (Phi) is 22.9. The lowest BCUT2D eigenvalue weighted by molar-refractivity contribution is -0.263. The van der Waals surface area contributed by atoms with E-state index in [1.54, 1.807) is 27.0 Å². The minimum Gasteiger partial charge on any atom is -0.461 e. The molecule has 5 rings (SSSR count). The number of aliphatic hydroxyl groups is 4. The second kappa shape index (κ2) is 28.0. The molecule has 2 bridgehead atoms. The number of nitrogens with zero attached hydrogens (tertiary/aromatic N) is 2. The van der Waals surface area contributed by atoms with Crippen molar-refractivity contribution in [2.24, 2.45) is 35.3 Å². The number of carbonyl (C=O) groups is 4. The Balaban J connectivity index is 1.51. The highest BCUT2D eigenvalue weighted by atomic mass is 16.6. The van der Waals surface area contributed by atoms with Crippen LogP contribution in [0.15, 0.2) is 77.9 Å². The maximum absolute atomic E-state index is 14.6. The molecule has 6 N–H and O–H groups in total. The van der Waals surface area contributed by atoms with Crippen molar-refractivity contribution in [2.75, 3.05) is 38.8 Å². The maximum Gasteiger partial charge on any atom is 0.329 e. The zero-order valence-electron chi connectivity index (χ0n) is 44.3. The Labute approximate surface area is 428 Å². The number of methoxy groups -OCH3 is 2. The highest BCUT2D eigenvalue weighted by Crippen LogP contribution is 2.38. The number of allylic oxidation sites excluding steroid dienone is 5. The fourth-order valence-corrected chi connectivity index (χ4v) is 11.4. The molecule has 402 valence electrons. The molecule has 2 unspecified atom stereocenters. The van der Waals surface area contributed by atoms with E-state index in [1.165, 1.54) is 12.0 Å². The summed E-state index contributed by atoms with van der Waals surface area (Å²) in [5.74, 6) is -6.58. The number of benzene rings is 1. The number of carbonyl (C=O) groups excluding carboxylic acids is 4. The molecule has 3 fully saturated rings. The molecule has 1 saturated carbocycles. The Hall–Kier alpha value is -4.06. The summed E-state index contributed by atoms with van der Waals surface area (Å²) in [5, 5.41) is 44.7. The van der Waals surface area contributed by atoms with Crippen LogP contribution in [0, 0.1) is 29.6 Å². The zero-order valence-corrected chi connectivity index (χ0v) is 44.3. The first-order valence-corrected chi connectivity index (χ1v) is 26.6. The van der Waals surface area contributed by atoms with Crippen LogP contribution in [0.5, 0.6) is 0 Å². The summed E-state index contributed by atoms with van der Waals surface area (Å²) in [6.07, 6.45) is 13.5. The number of ether oxygens (including phenoxy) is 4. The van der Waals surface area contributed by atoms with E-state index in [1.807, 2.05) is 88.4 Å². The fraction of sp³-hybridized carbons (Fsp3) is 0.684. The number of fused-ring (bicyclic) bond motifs is 3. The smallest absolute Gasteiger partial charge is 0.329 e. The Morgan fingerprint density at radius 2 is 1.61 bits per heavy atom. The molecule has 1 aromatic rings. The summed E-state index contributed by atoms with van der Waals surface area (Å²) in [4.78, 5) is 60.8. The van der Waals surface area contributed by atoms with Crippen molar-refractivity contribution in [1.82, 2.24) is 4.90 Å². The summed E-state index contributed by atoms with van der Waals surface area (Å²) in [5.41, 5.74) is 8.98. The number of hydrogen-bond acceptors (Lipinski definition) is 14. The summed E-state index contributed by atoms with van der Waals surface area (Å²) in [6, 6.07) is 7.65. The van der Waals surface area contributed by atoms with E-state index in [2.05, 4.69) is 4.90 Å². The van der Waals surface area contributed by atoms with E-state index in [9.17, 15) is 39.6 Å². The third-order valence-corrected chi connectivity index (χ3v) is 15.9. The Bertz CT molecular complexity index is 2040. The molecule has 0 spiro atoms. The van der Waals surface area contributed by atoms with E-state index in [0.29, 0.717) is 76.2 Å². The number of rotatable bonds is 9. The number of amides is 1. The van der Waals surface area contributed by atoms with E-state index in [4.69, 9.17) is 24.7 Å². The average molecular weight is 1010 g/mol. The van der Waals surface area contributed by atoms with Gasteiger partial charge in [-0.1, -0.05) is 87.9 Å². The number of Topliss-reactive ketones (excluding diaryl/α,β-unsaturated/α-hetero) is 2. The van der Waals surface area contributed by atoms with Crippen LogP contribution in [0.25, 0.3) is 0 Å². The SMILES string of the molecule is CO[C@@H]1CC(C[C@@H](C)[C@@H]2CC[C@H](N)/C=C(\C)[C@@H](O)[C@@H](OC)C(=O)[C@H](C)C[C@H](C)/C=C/C=C/C=C(\C)C(N(CCO)c3ccccc3)C[C@@H]3CC[C@@H](C)[C@@](O)(O3)C(=O)C(=O)N3CCCC[C@H]3C(=O)O2)CC[C@H]1O. The van der Waals surface area contributed by atoms with Gasteiger partial charge in [-0.3, -0.25) is 14.4 Å². The van der Waals surface area contributed by atoms with Crippen molar-refractivity contribution in [3.05, 3.63) is 77.9 Å². The predicted octanol–water partition coefficient (Wildman–Crippen LogP) is 6.55. The number of aliphatic hydroxyl groups excluding tert-OH is 3. The van der Waals surface area contributed by atoms with Crippen LogP contribution in [-0.2, 0) is 38.1 Å². The molecule has 1 aromatic carbocycles. The van der Waals surface area contributed by atoms with Crippen LogP contribution in [-0.4, -0.2) is 143 Å². The topological polar surface area (TPSA) is 219 Å². The normalized spacial score (nSPS) is 37.5. The van der Waals surface area contributed by atoms with Gasteiger partial charge in [-0.15, -0.1) is 0 Å². The van der Waals surface area contributed by atoms with Crippen molar-refractivity contribution < 1.29 is 58.6 Å². The second-order valence-electron chi connectivity index (χ2n) is 21.4. The van der Waals surface area contributed by atoms with Crippen LogP contribution in [0.4, 0.5) is 5.69 Å². The quantitative estimate of drug-likeness (QED) is 0.101. The van der Waals surface area contributed by atoms with E-state index in [0.717, 1.165) is 17.7 Å². The molecular formula is C57H87N3O12. The summed E-state index contributed by atoms with van der Waals surface area (Å²) in [6.45, 7) is 11.5. The van der Waals surface area contributed by atoms with E-state index < -0.39 is 77.9 Å². The zero-order chi connectivity index (χ0) is 52.7. The number of esters is 1. The van der Waals surface area contributed by atoms with E-state index in [-0.39, 0.29) is 61.8 Å². The lowest BCUT2D eigenvalue weighted by atomic mass is 9.78. The molecule has 15 heteroatoms. The summed E-state index contributed by atoms with van der Waals surface area (Å²) >= 11 is 0. The summed E-state index contributed by atoms with van der Waals surface area (Å²) < 4.78 is 24.1. The highest BCUT2D eigenvalue weighted by molar-refractivity contribution is 6.39. The van der Waals surface area contributed by atoms with Crippen LogP contribution in [0.1, 0.15) is 125 Å². The summed E-state index contributed by atoms with van der Waals surface area (Å²) in [7, 11) is 3.00. The van der Waals surface area contributed by atoms with Crippen LogP contribution >= 0.6 is 0 Å². The first kappa shape index (κ1) is 58.8. The average Bonchev–Trinajstić information content (AvgIpc) is 3.37. The molecule has 1 amide bonds. The van der Waals surface area contributed by atoms with Crippen molar-refractivity contribution in [2.45, 2.75) is 186 Å². The van der Waals surface area contributed by atoms with Crippen LogP contribution < -0.4 is 10.6 Å². The minimum absolute atomic E-state index is 0.00999. The van der Waals surface area contributed by atoms with Gasteiger partial charge in [0.05, 0.1) is 31.0 Å². The molecular weight excluding hydrogens is 919 g/mol. The van der Waals surface area contributed by atoms with Crippen molar-refractivity contribution in [3.8, 4) is 0 Å². The number of para-hydroxylation sites is 1. The van der Waals surface area contributed by atoms with Gasteiger partial charge in [-0.25, -0.2) is 4.79 Å². The molecule has 0 aromatic heterocycles. The minimum atomic E-state index is -2.46. The van der Waals surface area contributed by atoms with Gasteiger partial charge >= 0.3 is 5.97 Å². The van der Waals surface area contributed by atoms with Gasteiger partial charge in [0.25, 0.3) is 11.7 Å². The number of cyclic esters (lactones) is 1. The van der Waals surface area contributed by atoms with E-state index >= 15 is 0 Å². The number of anilines is 1. The second-order valence-corrected chi connectivity index (χ2v) is 21.4. The number of piperidine rings is 1. The van der Waals surface area contributed by atoms with Gasteiger partial charge in [-0.05, 0) is 133 Å². The highest BCUT2D eigenvalue weighted by Gasteiger charge is 2.53. The Morgan fingerprint density at radius 1 is 0.875 bits per heavy atom. The molecule has 1 aliphatic carbocycles. The van der Waals surface area contributed by atoms with Crippen molar-refractivity contribution in [1.29, 1.82) is 0 Å². The number of hydrogen-bond donors (Lipinski definition) is 5. The lowest BCUT2D eigenvalue weighted by Crippen LogP contribution is -2.61. The number of ketones is 2. The van der Waals surface area contributed by atoms with Crippen molar-refractivity contribution in [3.63, 3.8) is 0 Å². The largest absolute Gasteiger partial charge is 0.461 e. The van der Waals surface area contributed by atoms with Crippen LogP contribution in [0.2, 0.25) is 0 Å². The Morgan fingerprint density at radius 3 is 2.31 bits per heavy atom. The third-order valence-electron chi connectivity index (χ3n) is 15.9. The molecule has 2 saturated heterocycles. The van der Waals surface area contributed by atoms with Gasteiger partial charge in [0, 0.05) is 50.9 Å². The molecule has 15 nitrogen and oxygen atoms in total. The molecule has 15 atom stereocenters. The monoisotopic (exact) mass is 1010 g/mol. The van der Waals surface area contributed by atoms with Gasteiger partial charge < -0.3 is 54.9 Å². The molecule has 72 heavy (non-hydrogen) atoms. The third kappa shape index (κ3) is 15.5. The predicted molar refractivity (Wildman–Crippen MR) is 277 cm³/mol. The molecule has 4 aliphatic rings. The van der Waals surface area contributed by atoms with Crippen molar-refractivity contribution >= 4 is 29.1 Å². The van der Waals surface area contributed by atoms with Gasteiger partial charge in [0.15, 0.2) is 5.78 Å². The molecule has 3 aliphatic heterocycles. The molecule has 0 radical (unpaired) electrons. The number of nitrogens with two attached hydrogens (primary N) is 1.